The number of aromatic nitrogens is 2. The molecule has 0 spiro atoms. The maximum absolute atomic E-state index is 14.6. The van der Waals surface area contributed by atoms with E-state index in [0.717, 1.165) is 12.1 Å². The lowest BCUT2D eigenvalue weighted by atomic mass is 10.1. The molecule has 2 amide bonds. The molecule has 0 saturated carbocycles. The van der Waals surface area contributed by atoms with Crippen molar-refractivity contribution in [1.29, 1.82) is 0 Å². The molecule has 0 bridgehead atoms. The summed E-state index contributed by atoms with van der Waals surface area (Å²) in [6, 6.07) is 2.36. The van der Waals surface area contributed by atoms with Gasteiger partial charge >= 0.3 is 6.09 Å². The van der Waals surface area contributed by atoms with E-state index in [4.69, 9.17) is 9.47 Å². The third-order valence-corrected chi connectivity index (χ3v) is 5.45. The lowest BCUT2D eigenvalue weighted by Gasteiger charge is -2.40. The fourth-order valence-electron chi connectivity index (χ4n) is 3.76. The van der Waals surface area contributed by atoms with Crippen LogP contribution in [0.1, 0.15) is 31.3 Å². The Morgan fingerprint density at radius 1 is 1.06 bits per heavy atom. The number of carbonyl (C=O) groups excluding carboxylic acids is 2. The van der Waals surface area contributed by atoms with Crippen LogP contribution in [-0.4, -0.2) is 77.0 Å². The average molecular weight is 493 g/mol. The third kappa shape index (κ3) is 5.75. The van der Waals surface area contributed by atoms with Crippen molar-refractivity contribution < 1.29 is 32.2 Å². The summed E-state index contributed by atoms with van der Waals surface area (Å²) in [5.74, 6) is -2.12. The highest BCUT2D eigenvalue weighted by Crippen LogP contribution is 2.26. The van der Waals surface area contributed by atoms with E-state index in [-0.39, 0.29) is 36.5 Å². The minimum atomic E-state index is -1.47. The highest BCUT2D eigenvalue weighted by atomic mass is 19.2. The summed E-state index contributed by atoms with van der Waals surface area (Å²) in [5.41, 5.74) is -0.718. The van der Waals surface area contributed by atoms with Crippen molar-refractivity contribution >= 4 is 17.8 Å². The Balaban J connectivity index is 1.35. The Bertz CT molecular complexity index is 1110. The number of hydrogen-bond acceptors (Lipinski definition) is 7. The first kappa shape index (κ1) is 24.6. The van der Waals surface area contributed by atoms with E-state index in [1.807, 2.05) is 0 Å². The van der Waals surface area contributed by atoms with Crippen LogP contribution in [-0.2, 0) is 4.74 Å². The number of nitrogens with one attached hydrogen (secondary N) is 1. The predicted octanol–water partition coefficient (Wildman–Crippen LogP) is 2.71. The zero-order chi connectivity index (χ0) is 25.3. The first-order valence-corrected chi connectivity index (χ1v) is 11.1. The van der Waals surface area contributed by atoms with E-state index in [1.165, 1.54) is 23.4 Å². The van der Waals surface area contributed by atoms with E-state index >= 15 is 0 Å². The number of nitrogens with zero attached hydrogens (tertiary/aromatic N) is 4. The number of halogens is 3. The molecule has 2 aromatic rings. The van der Waals surface area contributed by atoms with Gasteiger partial charge in [-0.2, -0.15) is 0 Å². The second-order valence-electron chi connectivity index (χ2n) is 9.43. The van der Waals surface area contributed by atoms with Gasteiger partial charge in [-0.1, -0.05) is 0 Å². The van der Waals surface area contributed by atoms with Crippen LogP contribution in [0.25, 0.3) is 0 Å². The third-order valence-electron chi connectivity index (χ3n) is 5.45. The summed E-state index contributed by atoms with van der Waals surface area (Å²) < 4.78 is 52.0. The molecular formula is C23H26F3N5O4. The van der Waals surface area contributed by atoms with Crippen molar-refractivity contribution in [3.05, 3.63) is 47.9 Å². The molecule has 2 atom stereocenters. The second-order valence-corrected chi connectivity index (χ2v) is 9.43. The Kier molecular flexibility index (Phi) is 6.73. The number of hydrogen-bond donors (Lipinski definition) is 1. The first-order chi connectivity index (χ1) is 16.5. The van der Waals surface area contributed by atoms with Gasteiger partial charge in [-0.3, -0.25) is 4.79 Å². The number of rotatable bonds is 5. The van der Waals surface area contributed by atoms with Crippen LogP contribution in [0.15, 0.2) is 30.6 Å². The molecule has 9 nitrogen and oxygen atoms in total. The standard InChI is InChI=1S/C23H26F3N5O4/c1-23(2,3)35-22(33)31-11-17(26)18(12-31)29-21(32)19-20(28-7-6-27-19)30-9-14(10-30)34-13-4-5-15(24)16(25)8-13/h4-8,14,17-18H,9-12H2,1-3H3,(H,29,32). The van der Waals surface area contributed by atoms with E-state index < -0.39 is 41.4 Å². The number of anilines is 1. The Morgan fingerprint density at radius 3 is 2.46 bits per heavy atom. The number of likely N-dealkylation sites (tertiary alicyclic amines) is 1. The van der Waals surface area contributed by atoms with Gasteiger partial charge < -0.3 is 24.6 Å². The Hall–Kier alpha value is -3.57. The number of benzene rings is 1. The van der Waals surface area contributed by atoms with Crippen molar-refractivity contribution in [2.24, 2.45) is 0 Å². The molecule has 2 aliphatic rings. The van der Waals surface area contributed by atoms with Crippen molar-refractivity contribution in [1.82, 2.24) is 20.2 Å². The molecule has 1 aromatic heterocycles. The number of amides is 2. The van der Waals surface area contributed by atoms with Gasteiger partial charge in [0.15, 0.2) is 23.1 Å². The molecule has 2 fully saturated rings. The normalized spacial score (nSPS) is 20.4. The zero-order valence-corrected chi connectivity index (χ0v) is 19.5. The highest BCUT2D eigenvalue weighted by molar-refractivity contribution is 5.97. The van der Waals surface area contributed by atoms with E-state index in [9.17, 15) is 22.8 Å². The largest absolute Gasteiger partial charge is 0.487 e. The summed E-state index contributed by atoms with van der Waals surface area (Å²) in [6.45, 7) is 5.58. The molecule has 3 heterocycles. The van der Waals surface area contributed by atoms with Crippen LogP contribution in [0.3, 0.4) is 0 Å². The molecule has 2 unspecified atom stereocenters. The molecule has 1 aromatic carbocycles. The van der Waals surface area contributed by atoms with Crippen molar-refractivity contribution in [2.75, 3.05) is 31.1 Å². The maximum atomic E-state index is 14.6. The van der Waals surface area contributed by atoms with Gasteiger partial charge in [0.2, 0.25) is 0 Å². The summed E-state index contributed by atoms with van der Waals surface area (Å²) in [4.78, 5) is 36.4. The SMILES string of the molecule is CC(C)(C)OC(=O)N1CC(F)C(NC(=O)c2nccnc2N2CC(Oc3ccc(F)c(F)c3)C2)C1. The van der Waals surface area contributed by atoms with Gasteiger partial charge in [0, 0.05) is 25.0 Å². The molecular weight excluding hydrogens is 467 g/mol. The molecule has 2 aliphatic heterocycles. The molecule has 0 aliphatic carbocycles. The quantitative estimate of drug-likeness (QED) is 0.684. The fraction of sp³-hybridized carbons (Fsp3) is 0.478. The van der Waals surface area contributed by atoms with Gasteiger partial charge in [0.05, 0.1) is 25.7 Å². The van der Waals surface area contributed by atoms with Gasteiger partial charge in [0.1, 0.15) is 23.6 Å². The second kappa shape index (κ2) is 9.59. The van der Waals surface area contributed by atoms with Crippen molar-refractivity contribution in [3.8, 4) is 5.75 Å². The van der Waals surface area contributed by atoms with Crippen LogP contribution in [0.2, 0.25) is 0 Å². The van der Waals surface area contributed by atoms with Crippen LogP contribution in [0.5, 0.6) is 5.75 Å². The van der Waals surface area contributed by atoms with Crippen LogP contribution in [0.4, 0.5) is 23.8 Å². The average Bonchev–Trinajstić information content (AvgIpc) is 3.12. The van der Waals surface area contributed by atoms with Gasteiger partial charge in [-0.15, -0.1) is 0 Å². The maximum Gasteiger partial charge on any atom is 0.410 e. The zero-order valence-electron chi connectivity index (χ0n) is 19.5. The fourth-order valence-corrected chi connectivity index (χ4v) is 3.76. The minimum absolute atomic E-state index is 0.00157. The summed E-state index contributed by atoms with van der Waals surface area (Å²) in [5, 5.41) is 2.60. The molecule has 12 heteroatoms. The highest BCUT2D eigenvalue weighted by Gasteiger charge is 2.39. The van der Waals surface area contributed by atoms with E-state index in [2.05, 4.69) is 15.3 Å². The monoisotopic (exact) mass is 493 g/mol. The summed E-state index contributed by atoms with van der Waals surface area (Å²) in [7, 11) is 0. The van der Waals surface area contributed by atoms with E-state index in [0.29, 0.717) is 13.1 Å². The summed E-state index contributed by atoms with van der Waals surface area (Å²) >= 11 is 0. The number of ether oxygens (including phenoxy) is 2. The smallest absolute Gasteiger partial charge is 0.410 e. The summed E-state index contributed by atoms with van der Waals surface area (Å²) in [6.07, 6.45) is 0.328. The van der Waals surface area contributed by atoms with Crippen molar-refractivity contribution in [2.45, 2.75) is 44.7 Å². The van der Waals surface area contributed by atoms with Crippen LogP contribution in [0, 0.1) is 11.6 Å². The molecule has 1 N–H and O–H groups in total. The van der Waals surface area contributed by atoms with Crippen LogP contribution >= 0.6 is 0 Å². The van der Waals surface area contributed by atoms with Gasteiger partial charge in [0.25, 0.3) is 5.91 Å². The molecule has 35 heavy (non-hydrogen) atoms. The molecule has 0 radical (unpaired) electrons. The number of alkyl halides is 1. The van der Waals surface area contributed by atoms with Crippen molar-refractivity contribution in [3.63, 3.8) is 0 Å². The Labute approximate surface area is 200 Å². The topological polar surface area (TPSA) is 96.9 Å². The number of carbonyl (C=O) groups is 2. The lowest BCUT2D eigenvalue weighted by molar-refractivity contribution is 0.0281. The van der Waals surface area contributed by atoms with Crippen LogP contribution < -0.4 is 15.0 Å². The van der Waals surface area contributed by atoms with Gasteiger partial charge in [-0.05, 0) is 32.9 Å². The molecule has 2 saturated heterocycles. The predicted molar refractivity (Wildman–Crippen MR) is 119 cm³/mol. The Morgan fingerprint density at radius 2 is 1.77 bits per heavy atom. The molecule has 188 valence electrons. The lowest BCUT2D eigenvalue weighted by Crippen LogP contribution is -2.55. The minimum Gasteiger partial charge on any atom is -0.487 e. The molecule has 4 rings (SSSR count). The van der Waals surface area contributed by atoms with E-state index in [1.54, 1.807) is 25.7 Å². The van der Waals surface area contributed by atoms with Gasteiger partial charge in [-0.25, -0.2) is 27.9 Å². The first-order valence-electron chi connectivity index (χ1n) is 11.1.